The van der Waals surface area contributed by atoms with E-state index in [4.69, 9.17) is 9.84 Å². The first-order chi connectivity index (χ1) is 11.6. The van der Waals surface area contributed by atoms with Crippen LogP contribution in [0.15, 0.2) is 36.5 Å². The zero-order chi connectivity index (χ0) is 17.1. The number of benzene rings is 1. The number of carboxylic acids is 1. The molecule has 0 unspecified atom stereocenters. The van der Waals surface area contributed by atoms with E-state index < -0.39 is 11.9 Å². The molecule has 2 aromatic heterocycles. The zero-order valence-electron chi connectivity index (χ0n) is 13.0. The number of methoxy groups -OCH3 is 1. The van der Waals surface area contributed by atoms with Gasteiger partial charge in [-0.1, -0.05) is 23.4 Å². The van der Waals surface area contributed by atoms with Crippen molar-refractivity contribution in [3.63, 3.8) is 0 Å². The number of rotatable bonds is 6. The smallest absolute Gasteiger partial charge is 0.354 e. The van der Waals surface area contributed by atoms with Crippen molar-refractivity contribution in [1.82, 2.24) is 19.6 Å². The van der Waals surface area contributed by atoms with Gasteiger partial charge in [-0.2, -0.15) is 0 Å². The van der Waals surface area contributed by atoms with Crippen molar-refractivity contribution in [1.29, 1.82) is 0 Å². The van der Waals surface area contributed by atoms with E-state index in [2.05, 4.69) is 10.3 Å². The number of aliphatic carboxylic acids is 1. The second-order valence-electron chi connectivity index (χ2n) is 5.28. The Labute approximate surface area is 137 Å². The number of carbonyl (C=O) groups is 2. The van der Waals surface area contributed by atoms with Gasteiger partial charge in [0.25, 0.3) is 0 Å². The highest BCUT2D eigenvalue weighted by molar-refractivity contribution is 5.95. The van der Waals surface area contributed by atoms with Gasteiger partial charge in [0.1, 0.15) is 11.4 Å². The second-order valence-corrected chi connectivity index (χ2v) is 5.28. The van der Waals surface area contributed by atoms with E-state index in [1.807, 2.05) is 28.8 Å². The van der Waals surface area contributed by atoms with Crippen molar-refractivity contribution in [2.75, 3.05) is 7.11 Å². The Kier molecular flexibility index (Phi) is 4.28. The van der Waals surface area contributed by atoms with E-state index in [0.717, 1.165) is 10.9 Å². The van der Waals surface area contributed by atoms with E-state index in [-0.39, 0.29) is 13.0 Å². The molecule has 3 aromatic rings. The van der Waals surface area contributed by atoms with Gasteiger partial charge in [0.05, 0.1) is 32.8 Å². The van der Waals surface area contributed by atoms with Gasteiger partial charge in [-0.15, -0.1) is 5.10 Å². The number of para-hydroxylation sites is 1. The Morgan fingerprint density at radius 3 is 2.83 bits per heavy atom. The molecule has 24 heavy (non-hydrogen) atoms. The molecule has 0 aliphatic carbocycles. The molecular weight excluding hydrogens is 312 g/mol. The largest absolute Gasteiger partial charge is 0.481 e. The Morgan fingerprint density at radius 1 is 1.29 bits per heavy atom. The normalized spacial score (nSPS) is 10.9. The molecule has 8 heteroatoms. The molecule has 1 aromatic carbocycles. The third-order valence-corrected chi connectivity index (χ3v) is 3.67. The molecular formula is C16H16N4O4. The molecule has 0 aliphatic rings. The number of aromatic nitrogens is 4. The molecule has 0 saturated heterocycles. The molecule has 3 rings (SSSR count). The predicted molar refractivity (Wildman–Crippen MR) is 84.7 cm³/mol. The summed E-state index contributed by atoms with van der Waals surface area (Å²) in [6, 6.07) is 9.40. The van der Waals surface area contributed by atoms with E-state index >= 15 is 0 Å². The van der Waals surface area contributed by atoms with Gasteiger partial charge in [-0.25, -0.2) is 4.79 Å². The summed E-state index contributed by atoms with van der Waals surface area (Å²) in [4.78, 5) is 22.6. The van der Waals surface area contributed by atoms with Gasteiger partial charge in [0.15, 0.2) is 0 Å². The summed E-state index contributed by atoms with van der Waals surface area (Å²) >= 11 is 0. The maximum atomic E-state index is 12.0. The van der Waals surface area contributed by atoms with Gasteiger partial charge in [0, 0.05) is 10.9 Å². The number of esters is 1. The Morgan fingerprint density at radius 2 is 2.08 bits per heavy atom. The third kappa shape index (κ3) is 3.12. The molecule has 0 radical (unpaired) electrons. The average molecular weight is 328 g/mol. The number of fused-ring (bicyclic) bond motifs is 1. The summed E-state index contributed by atoms with van der Waals surface area (Å²) in [5.74, 6) is -1.32. The number of aryl methyl sites for hydroxylation is 1. The molecule has 8 nitrogen and oxygen atoms in total. The molecule has 0 atom stereocenters. The van der Waals surface area contributed by atoms with Gasteiger partial charge in [-0.3, -0.25) is 9.48 Å². The number of carboxylic acid groups (broad SMARTS) is 1. The Balaban J connectivity index is 1.91. The van der Waals surface area contributed by atoms with Crippen molar-refractivity contribution in [3.05, 3.63) is 47.9 Å². The lowest BCUT2D eigenvalue weighted by molar-refractivity contribution is -0.137. The van der Waals surface area contributed by atoms with Crippen molar-refractivity contribution < 1.29 is 19.4 Å². The lowest BCUT2D eigenvalue weighted by Gasteiger charge is -2.07. The van der Waals surface area contributed by atoms with Crippen LogP contribution in [0.3, 0.4) is 0 Å². The van der Waals surface area contributed by atoms with Gasteiger partial charge >= 0.3 is 11.9 Å². The van der Waals surface area contributed by atoms with Crippen molar-refractivity contribution >= 4 is 22.8 Å². The number of hydrogen-bond donors (Lipinski definition) is 1. The SMILES string of the molecule is COC(=O)c1cc2ccccc2n1Cc1cn(CCC(=O)O)nn1. The average Bonchev–Trinajstić information content (AvgIpc) is 3.18. The summed E-state index contributed by atoms with van der Waals surface area (Å²) in [7, 11) is 1.34. The van der Waals surface area contributed by atoms with Crippen LogP contribution in [0.2, 0.25) is 0 Å². The fraction of sp³-hybridized carbons (Fsp3) is 0.250. The van der Waals surface area contributed by atoms with E-state index in [9.17, 15) is 9.59 Å². The first kappa shape index (κ1) is 15.7. The van der Waals surface area contributed by atoms with Gasteiger partial charge in [0.2, 0.25) is 0 Å². The predicted octanol–water partition coefficient (Wildman–Crippen LogP) is 1.54. The van der Waals surface area contributed by atoms with E-state index in [1.165, 1.54) is 11.8 Å². The van der Waals surface area contributed by atoms with Gasteiger partial charge in [-0.05, 0) is 12.1 Å². The summed E-state index contributed by atoms with van der Waals surface area (Å²) < 4.78 is 8.14. The van der Waals surface area contributed by atoms with Crippen LogP contribution in [0.4, 0.5) is 0 Å². The molecule has 0 saturated carbocycles. The first-order valence-electron chi connectivity index (χ1n) is 7.36. The molecule has 0 fully saturated rings. The maximum absolute atomic E-state index is 12.0. The number of hydrogen-bond acceptors (Lipinski definition) is 5. The fourth-order valence-electron chi connectivity index (χ4n) is 2.55. The molecule has 1 N–H and O–H groups in total. The van der Waals surface area contributed by atoms with Crippen LogP contribution in [-0.4, -0.2) is 43.7 Å². The minimum absolute atomic E-state index is 0.0251. The minimum Gasteiger partial charge on any atom is -0.481 e. The van der Waals surface area contributed by atoms with Gasteiger partial charge < -0.3 is 14.4 Å². The summed E-state index contributed by atoms with van der Waals surface area (Å²) in [6.07, 6.45) is 1.65. The van der Waals surface area contributed by atoms with Crippen molar-refractivity contribution in [3.8, 4) is 0 Å². The molecule has 0 amide bonds. The van der Waals surface area contributed by atoms with Crippen molar-refractivity contribution in [2.45, 2.75) is 19.5 Å². The summed E-state index contributed by atoms with van der Waals surface area (Å²) in [6.45, 7) is 0.587. The van der Waals surface area contributed by atoms with Crippen LogP contribution in [0.1, 0.15) is 22.6 Å². The lowest BCUT2D eigenvalue weighted by Crippen LogP contribution is -2.11. The molecule has 0 bridgehead atoms. The second kappa shape index (κ2) is 6.53. The third-order valence-electron chi connectivity index (χ3n) is 3.67. The minimum atomic E-state index is -0.892. The Hall–Kier alpha value is -3.16. The maximum Gasteiger partial charge on any atom is 0.354 e. The summed E-state index contributed by atoms with van der Waals surface area (Å²) in [5, 5.41) is 17.6. The van der Waals surface area contributed by atoms with Crippen LogP contribution in [0, 0.1) is 0 Å². The quantitative estimate of drug-likeness (QED) is 0.689. The lowest BCUT2D eigenvalue weighted by atomic mass is 10.2. The number of ether oxygens (including phenoxy) is 1. The Bertz CT molecular complexity index is 897. The summed E-state index contributed by atoms with van der Waals surface area (Å²) in [5.41, 5.74) is 1.95. The van der Waals surface area contributed by atoms with E-state index in [0.29, 0.717) is 17.9 Å². The standard InChI is InChI=1S/C16H16N4O4/c1-24-16(23)14-8-11-4-2-3-5-13(11)20(14)10-12-9-19(18-17-12)7-6-15(21)22/h2-5,8-9H,6-7,10H2,1H3,(H,21,22). The highest BCUT2D eigenvalue weighted by Gasteiger charge is 2.17. The topological polar surface area (TPSA) is 99.2 Å². The molecule has 124 valence electrons. The van der Waals surface area contributed by atoms with Crippen LogP contribution in [-0.2, 0) is 22.6 Å². The van der Waals surface area contributed by atoms with Crippen LogP contribution in [0.5, 0.6) is 0 Å². The van der Waals surface area contributed by atoms with E-state index in [1.54, 1.807) is 12.3 Å². The number of nitrogens with zero attached hydrogens (tertiary/aromatic N) is 4. The zero-order valence-corrected chi connectivity index (χ0v) is 13.0. The van der Waals surface area contributed by atoms with Crippen LogP contribution >= 0.6 is 0 Å². The molecule has 2 heterocycles. The number of carbonyl (C=O) groups excluding carboxylic acids is 1. The fourth-order valence-corrected chi connectivity index (χ4v) is 2.55. The van der Waals surface area contributed by atoms with Crippen LogP contribution < -0.4 is 0 Å². The van der Waals surface area contributed by atoms with Crippen LogP contribution in [0.25, 0.3) is 10.9 Å². The monoisotopic (exact) mass is 328 g/mol. The first-order valence-corrected chi connectivity index (χ1v) is 7.36. The molecule has 0 spiro atoms. The highest BCUT2D eigenvalue weighted by Crippen LogP contribution is 2.21. The van der Waals surface area contributed by atoms with Crippen molar-refractivity contribution in [2.24, 2.45) is 0 Å². The highest BCUT2D eigenvalue weighted by atomic mass is 16.5. The molecule has 0 aliphatic heterocycles.